The molecule has 0 saturated carbocycles. The molecule has 1 heterocycles. The lowest BCUT2D eigenvalue weighted by Crippen LogP contribution is -2.43. The molecule has 1 aromatic carbocycles. The van der Waals surface area contributed by atoms with E-state index >= 15 is 0 Å². The SMILES string of the molecule is CC(CO)C(C)NC(=O)NCc1cccc(-c2cnn(C)c2)c1. The van der Waals surface area contributed by atoms with E-state index in [1.165, 1.54) is 0 Å². The Morgan fingerprint density at radius 3 is 2.78 bits per heavy atom. The van der Waals surface area contributed by atoms with Gasteiger partial charge in [0, 0.05) is 38.0 Å². The Labute approximate surface area is 136 Å². The first-order chi connectivity index (χ1) is 11.0. The van der Waals surface area contributed by atoms with Crippen molar-refractivity contribution < 1.29 is 9.90 Å². The number of aliphatic hydroxyl groups excluding tert-OH is 1. The molecule has 0 aliphatic carbocycles. The van der Waals surface area contributed by atoms with Crippen molar-refractivity contribution in [3.63, 3.8) is 0 Å². The van der Waals surface area contributed by atoms with Crippen LogP contribution in [0, 0.1) is 5.92 Å². The van der Waals surface area contributed by atoms with Gasteiger partial charge in [0.1, 0.15) is 0 Å². The lowest BCUT2D eigenvalue weighted by Gasteiger charge is -2.19. The van der Waals surface area contributed by atoms with Crippen molar-refractivity contribution in [1.29, 1.82) is 0 Å². The van der Waals surface area contributed by atoms with Gasteiger partial charge in [0.2, 0.25) is 0 Å². The van der Waals surface area contributed by atoms with Crippen molar-refractivity contribution in [2.75, 3.05) is 6.61 Å². The number of aromatic nitrogens is 2. The standard InChI is InChI=1S/C17H24N4O2/c1-12(11-22)13(2)20-17(23)18-8-14-5-4-6-15(7-14)16-9-19-21(3)10-16/h4-7,9-10,12-13,22H,8,11H2,1-3H3,(H2,18,20,23). The molecule has 0 spiro atoms. The number of carbonyl (C=O) groups excluding carboxylic acids is 1. The largest absolute Gasteiger partial charge is 0.396 e. The molecule has 0 saturated heterocycles. The van der Waals surface area contributed by atoms with E-state index in [9.17, 15) is 4.79 Å². The van der Waals surface area contributed by atoms with Crippen LogP contribution < -0.4 is 10.6 Å². The van der Waals surface area contributed by atoms with Gasteiger partial charge in [0.25, 0.3) is 0 Å². The fraction of sp³-hybridized carbons (Fsp3) is 0.412. The molecule has 0 fully saturated rings. The van der Waals surface area contributed by atoms with Gasteiger partial charge >= 0.3 is 6.03 Å². The van der Waals surface area contributed by atoms with Gasteiger partial charge < -0.3 is 15.7 Å². The smallest absolute Gasteiger partial charge is 0.315 e. The fourth-order valence-corrected chi connectivity index (χ4v) is 2.17. The summed E-state index contributed by atoms with van der Waals surface area (Å²) in [7, 11) is 1.88. The minimum absolute atomic E-state index is 0.0228. The van der Waals surface area contributed by atoms with Crippen LogP contribution in [-0.2, 0) is 13.6 Å². The second kappa shape index (κ2) is 7.78. The molecule has 6 heteroatoms. The quantitative estimate of drug-likeness (QED) is 0.761. The number of aliphatic hydroxyl groups is 1. The number of urea groups is 1. The van der Waals surface area contributed by atoms with E-state index in [0.717, 1.165) is 16.7 Å². The molecular weight excluding hydrogens is 292 g/mol. The first-order valence-corrected chi connectivity index (χ1v) is 7.72. The van der Waals surface area contributed by atoms with Crippen LogP contribution >= 0.6 is 0 Å². The number of nitrogens with zero attached hydrogens (tertiary/aromatic N) is 2. The first kappa shape index (κ1) is 17.0. The van der Waals surface area contributed by atoms with Crippen molar-refractivity contribution in [2.24, 2.45) is 13.0 Å². The number of amides is 2. The van der Waals surface area contributed by atoms with Crippen LogP contribution in [0.2, 0.25) is 0 Å². The molecule has 6 nitrogen and oxygen atoms in total. The predicted octanol–water partition coefficient (Wildman–Crippen LogP) is 1.90. The summed E-state index contributed by atoms with van der Waals surface area (Å²) < 4.78 is 1.76. The summed E-state index contributed by atoms with van der Waals surface area (Å²) in [5, 5.41) is 18.9. The molecule has 0 aliphatic heterocycles. The zero-order valence-electron chi connectivity index (χ0n) is 13.8. The minimum atomic E-state index is -0.232. The Balaban J connectivity index is 1.92. The molecule has 23 heavy (non-hydrogen) atoms. The highest BCUT2D eigenvalue weighted by atomic mass is 16.3. The third kappa shape index (κ3) is 4.82. The number of nitrogens with one attached hydrogen (secondary N) is 2. The summed E-state index contributed by atoms with van der Waals surface area (Å²) in [6.45, 7) is 4.26. The zero-order chi connectivity index (χ0) is 16.8. The second-order valence-corrected chi connectivity index (χ2v) is 5.88. The molecular formula is C17H24N4O2. The highest BCUT2D eigenvalue weighted by Gasteiger charge is 2.13. The molecule has 124 valence electrons. The average Bonchev–Trinajstić information content (AvgIpc) is 2.99. The van der Waals surface area contributed by atoms with Crippen molar-refractivity contribution in [1.82, 2.24) is 20.4 Å². The molecule has 2 aromatic rings. The number of benzene rings is 1. The van der Waals surface area contributed by atoms with Crippen LogP contribution in [0.4, 0.5) is 4.79 Å². The molecule has 2 amide bonds. The van der Waals surface area contributed by atoms with Crippen LogP contribution in [0.5, 0.6) is 0 Å². The second-order valence-electron chi connectivity index (χ2n) is 5.88. The lowest BCUT2D eigenvalue weighted by molar-refractivity contribution is 0.200. The van der Waals surface area contributed by atoms with Gasteiger partial charge in [-0.25, -0.2) is 4.79 Å². The molecule has 2 rings (SSSR count). The van der Waals surface area contributed by atoms with Gasteiger partial charge in [-0.2, -0.15) is 5.10 Å². The summed E-state index contributed by atoms with van der Waals surface area (Å²) in [6, 6.07) is 7.68. The van der Waals surface area contributed by atoms with E-state index in [0.29, 0.717) is 6.54 Å². The summed E-state index contributed by atoms with van der Waals surface area (Å²) in [4.78, 5) is 11.9. The van der Waals surface area contributed by atoms with Crippen LogP contribution in [-0.4, -0.2) is 33.6 Å². The van der Waals surface area contributed by atoms with Crippen LogP contribution in [0.1, 0.15) is 19.4 Å². The maximum Gasteiger partial charge on any atom is 0.315 e. The Bertz CT molecular complexity index is 654. The van der Waals surface area contributed by atoms with Crippen molar-refractivity contribution in [3.05, 3.63) is 42.2 Å². The van der Waals surface area contributed by atoms with E-state index in [4.69, 9.17) is 5.11 Å². The first-order valence-electron chi connectivity index (χ1n) is 7.72. The molecule has 1 aromatic heterocycles. The average molecular weight is 316 g/mol. The van der Waals surface area contributed by atoms with E-state index in [-0.39, 0.29) is 24.6 Å². The summed E-state index contributed by atoms with van der Waals surface area (Å²) >= 11 is 0. The topological polar surface area (TPSA) is 79.2 Å². The molecule has 3 N–H and O–H groups in total. The monoisotopic (exact) mass is 316 g/mol. The van der Waals surface area contributed by atoms with Gasteiger partial charge in [0.15, 0.2) is 0 Å². The summed E-state index contributed by atoms with van der Waals surface area (Å²) in [5.41, 5.74) is 3.13. The molecule has 0 radical (unpaired) electrons. The third-order valence-corrected chi connectivity index (χ3v) is 3.92. The number of hydrogen-bond acceptors (Lipinski definition) is 3. The van der Waals surface area contributed by atoms with Crippen LogP contribution in [0.25, 0.3) is 11.1 Å². The highest BCUT2D eigenvalue weighted by molar-refractivity contribution is 5.74. The Hall–Kier alpha value is -2.34. The summed E-state index contributed by atoms with van der Waals surface area (Å²) in [6.07, 6.45) is 3.77. The van der Waals surface area contributed by atoms with Gasteiger partial charge in [-0.15, -0.1) is 0 Å². The third-order valence-electron chi connectivity index (χ3n) is 3.92. The molecule has 0 bridgehead atoms. The van der Waals surface area contributed by atoms with Crippen molar-refractivity contribution >= 4 is 6.03 Å². The Morgan fingerprint density at radius 2 is 2.13 bits per heavy atom. The van der Waals surface area contributed by atoms with E-state index in [2.05, 4.69) is 15.7 Å². The maximum atomic E-state index is 11.9. The fourth-order valence-electron chi connectivity index (χ4n) is 2.17. The molecule has 2 unspecified atom stereocenters. The highest BCUT2D eigenvalue weighted by Crippen LogP contribution is 2.19. The van der Waals surface area contributed by atoms with Crippen molar-refractivity contribution in [3.8, 4) is 11.1 Å². The number of rotatable bonds is 6. The van der Waals surface area contributed by atoms with Crippen LogP contribution in [0.3, 0.4) is 0 Å². The number of carbonyl (C=O) groups is 1. The van der Waals surface area contributed by atoms with E-state index in [1.54, 1.807) is 4.68 Å². The molecule has 0 aliphatic rings. The molecule has 2 atom stereocenters. The van der Waals surface area contributed by atoms with Gasteiger partial charge in [0.05, 0.1) is 6.20 Å². The van der Waals surface area contributed by atoms with E-state index < -0.39 is 0 Å². The normalized spacial score (nSPS) is 13.4. The minimum Gasteiger partial charge on any atom is -0.396 e. The summed E-state index contributed by atoms with van der Waals surface area (Å²) in [5.74, 6) is 0.0228. The Morgan fingerprint density at radius 1 is 1.35 bits per heavy atom. The zero-order valence-corrected chi connectivity index (χ0v) is 13.8. The van der Waals surface area contributed by atoms with E-state index in [1.807, 2.05) is 57.6 Å². The van der Waals surface area contributed by atoms with Crippen molar-refractivity contribution in [2.45, 2.75) is 26.4 Å². The predicted molar refractivity (Wildman–Crippen MR) is 89.7 cm³/mol. The number of hydrogen-bond donors (Lipinski definition) is 3. The lowest BCUT2D eigenvalue weighted by atomic mass is 10.1. The van der Waals surface area contributed by atoms with Crippen LogP contribution in [0.15, 0.2) is 36.7 Å². The maximum absolute atomic E-state index is 11.9. The van der Waals surface area contributed by atoms with Gasteiger partial charge in [-0.3, -0.25) is 4.68 Å². The number of aryl methyl sites for hydroxylation is 1. The van der Waals surface area contributed by atoms with Gasteiger partial charge in [-0.1, -0.05) is 25.1 Å². The van der Waals surface area contributed by atoms with Gasteiger partial charge in [-0.05, 0) is 30.0 Å². The Kier molecular flexibility index (Phi) is 5.76.